The molecular weight excluding hydrogens is 216 g/mol. The van der Waals surface area contributed by atoms with Crippen LogP contribution in [0.25, 0.3) is 10.6 Å². The zero-order valence-corrected chi connectivity index (χ0v) is 10.7. The predicted octanol–water partition coefficient (Wildman–Crippen LogP) is 3.57. The lowest BCUT2D eigenvalue weighted by atomic mass is 10.1. The fourth-order valence-corrected chi connectivity index (χ4v) is 2.80. The molecule has 2 N–H and O–H groups in total. The zero-order chi connectivity index (χ0) is 11.7. The second kappa shape index (κ2) is 4.26. The van der Waals surface area contributed by atoms with Gasteiger partial charge in [-0.25, -0.2) is 4.98 Å². The highest BCUT2D eigenvalue weighted by Gasteiger charge is 2.10. The van der Waals surface area contributed by atoms with E-state index in [-0.39, 0.29) is 0 Å². The summed E-state index contributed by atoms with van der Waals surface area (Å²) in [5.41, 5.74) is 10.7. The van der Waals surface area contributed by atoms with Gasteiger partial charge in [0.25, 0.3) is 0 Å². The SMILES string of the molecule is CCc1nc(-c2ccc(C)cc2C)sc1N. The molecule has 2 rings (SSSR count). The first-order valence-electron chi connectivity index (χ1n) is 5.44. The van der Waals surface area contributed by atoms with Crippen LogP contribution in [0.4, 0.5) is 5.00 Å². The third-order valence-corrected chi connectivity index (χ3v) is 3.63. The topological polar surface area (TPSA) is 38.9 Å². The van der Waals surface area contributed by atoms with Gasteiger partial charge in [0.1, 0.15) is 10.0 Å². The molecule has 0 aliphatic rings. The number of thiazole rings is 1. The molecule has 16 heavy (non-hydrogen) atoms. The first-order valence-corrected chi connectivity index (χ1v) is 6.26. The molecule has 84 valence electrons. The lowest BCUT2D eigenvalue weighted by molar-refractivity contribution is 1.07. The van der Waals surface area contributed by atoms with Crippen molar-refractivity contribution in [2.45, 2.75) is 27.2 Å². The molecule has 0 spiro atoms. The number of hydrogen-bond donors (Lipinski definition) is 1. The standard InChI is InChI=1S/C13H16N2S/c1-4-11-12(14)16-13(15-11)10-6-5-8(2)7-9(10)3/h5-7H,4,14H2,1-3H3. The molecule has 0 atom stereocenters. The van der Waals surface area contributed by atoms with Gasteiger partial charge in [-0.1, -0.05) is 42.0 Å². The summed E-state index contributed by atoms with van der Waals surface area (Å²) >= 11 is 1.58. The second-order valence-electron chi connectivity index (χ2n) is 4.00. The number of aryl methyl sites for hydroxylation is 3. The zero-order valence-electron chi connectivity index (χ0n) is 9.87. The maximum Gasteiger partial charge on any atom is 0.125 e. The van der Waals surface area contributed by atoms with Crippen molar-refractivity contribution in [1.29, 1.82) is 0 Å². The molecule has 0 unspecified atom stereocenters. The van der Waals surface area contributed by atoms with Gasteiger partial charge in [-0.15, -0.1) is 0 Å². The van der Waals surface area contributed by atoms with E-state index in [1.807, 2.05) is 0 Å². The number of rotatable bonds is 2. The van der Waals surface area contributed by atoms with E-state index in [1.165, 1.54) is 16.7 Å². The van der Waals surface area contributed by atoms with Crippen molar-refractivity contribution in [3.63, 3.8) is 0 Å². The Labute approximate surface area is 100 Å². The molecule has 0 amide bonds. The van der Waals surface area contributed by atoms with Crippen LogP contribution in [0.3, 0.4) is 0 Å². The third-order valence-electron chi connectivity index (χ3n) is 2.67. The molecule has 0 fully saturated rings. The highest BCUT2D eigenvalue weighted by atomic mass is 32.1. The molecule has 0 bridgehead atoms. The van der Waals surface area contributed by atoms with Crippen LogP contribution in [-0.2, 0) is 6.42 Å². The predicted molar refractivity (Wildman–Crippen MR) is 70.8 cm³/mol. The number of nitrogens with two attached hydrogens (primary N) is 1. The van der Waals surface area contributed by atoms with E-state index in [1.54, 1.807) is 11.3 Å². The van der Waals surface area contributed by atoms with Crippen molar-refractivity contribution in [3.8, 4) is 10.6 Å². The average Bonchev–Trinajstić information content (AvgIpc) is 2.59. The Morgan fingerprint density at radius 2 is 2.06 bits per heavy atom. The summed E-state index contributed by atoms with van der Waals surface area (Å²) in [6.07, 6.45) is 0.896. The van der Waals surface area contributed by atoms with Gasteiger partial charge in [-0.05, 0) is 25.8 Å². The first-order chi connectivity index (χ1) is 7.61. The summed E-state index contributed by atoms with van der Waals surface area (Å²) in [4.78, 5) is 4.58. The minimum atomic E-state index is 0.845. The normalized spacial score (nSPS) is 10.7. The average molecular weight is 232 g/mol. The second-order valence-corrected chi connectivity index (χ2v) is 5.03. The highest BCUT2D eigenvalue weighted by molar-refractivity contribution is 7.18. The van der Waals surface area contributed by atoms with Gasteiger partial charge in [0.2, 0.25) is 0 Å². The number of anilines is 1. The summed E-state index contributed by atoms with van der Waals surface area (Å²) in [7, 11) is 0. The Morgan fingerprint density at radius 3 is 2.62 bits per heavy atom. The lowest BCUT2D eigenvalue weighted by Crippen LogP contribution is -1.88. The smallest absolute Gasteiger partial charge is 0.125 e. The van der Waals surface area contributed by atoms with Crippen LogP contribution in [0.2, 0.25) is 0 Å². The van der Waals surface area contributed by atoms with Crippen molar-refractivity contribution < 1.29 is 0 Å². The Morgan fingerprint density at radius 1 is 1.31 bits per heavy atom. The molecule has 0 saturated heterocycles. The highest BCUT2D eigenvalue weighted by Crippen LogP contribution is 2.32. The van der Waals surface area contributed by atoms with Crippen LogP contribution >= 0.6 is 11.3 Å². The van der Waals surface area contributed by atoms with Crippen LogP contribution in [0.15, 0.2) is 18.2 Å². The fourth-order valence-electron chi connectivity index (χ4n) is 1.79. The number of nitrogen functional groups attached to an aromatic ring is 1. The van der Waals surface area contributed by atoms with Gasteiger partial charge in [0.05, 0.1) is 5.69 Å². The number of aromatic nitrogens is 1. The van der Waals surface area contributed by atoms with Gasteiger partial charge >= 0.3 is 0 Å². The molecule has 0 radical (unpaired) electrons. The minimum absolute atomic E-state index is 0.845. The molecule has 0 aliphatic carbocycles. The summed E-state index contributed by atoms with van der Waals surface area (Å²) < 4.78 is 0. The molecule has 1 aromatic heterocycles. The van der Waals surface area contributed by atoms with E-state index < -0.39 is 0 Å². The van der Waals surface area contributed by atoms with E-state index in [4.69, 9.17) is 5.73 Å². The van der Waals surface area contributed by atoms with Gasteiger partial charge in [0.15, 0.2) is 0 Å². The molecule has 1 heterocycles. The molecule has 0 aliphatic heterocycles. The lowest BCUT2D eigenvalue weighted by Gasteiger charge is -2.02. The molecule has 0 saturated carbocycles. The largest absolute Gasteiger partial charge is 0.389 e. The van der Waals surface area contributed by atoms with Gasteiger partial charge in [0, 0.05) is 5.56 Å². The van der Waals surface area contributed by atoms with Crippen LogP contribution < -0.4 is 5.73 Å². The fraction of sp³-hybridized carbons (Fsp3) is 0.308. The van der Waals surface area contributed by atoms with E-state index in [0.29, 0.717) is 0 Å². The maximum absolute atomic E-state index is 5.93. The monoisotopic (exact) mass is 232 g/mol. The molecule has 3 heteroatoms. The van der Waals surface area contributed by atoms with Crippen molar-refractivity contribution in [3.05, 3.63) is 35.0 Å². The van der Waals surface area contributed by atoms with Crippen LogP contribution in [0.1, 0.15) is 23.7 Å². The Bertz CT molecular complexity index is 515. The van der Waals surface area contributed by atoms with Gasteiger partial charge in [-0.3, -0.25) is 0 Å². The molecule has 2 aromatic rings. The quantitative estimate of drug-likeness (QED) is 0.859. The number of hydrogen-bond acceptors (Lipinski definition) is 3. The van der Waals surface area contributed by atoms with Crippen LogP contribution in [0.5, 0.6) is 0 Å². The Kier molecular flexibility index (Phi) is 2.97. The molecular formula is C13H16N2S. The first kappa shape index (κ1) is 11.1. The summed E-state index contributed by atoms with van der Waals surface area (Å²) in [5, 5.41) is 1.88. The van der Waals surface area contributed by atoms with Crippen molar-refractivity contribution >= 4 is 16.3 Å². The van der Waals surface area contributed by atoms with Crippen LogP contribution in [0, 0.1) is 13.8 Å². The summed E-state index contributed by atoms with van der Waals surface area (Å²) in [6, 6.07) is 6.42. The van der Waals surface area contributed by atoms with Crippen LogP contribution in [-0.4, -0.2) is 4.98 Å². The van der Waals surface area contributed by atoms with Crippen molar-refractivity contribution in [2.75, 3.05) is 5.73 Å². The minimum Gasteiger partial charge on any atom is -0.389 e. The number of benzene rings is 1. The maximum atomic E-state index is 5.93. The molecule has 1 aromatic carbocycles. The third kappa shape index (κ3) is 1.95. The van der Waals surface area contributed by atoms with E-state index in [0.717, 1.165) is 22.1 Å². The number of nitrogens with zero attached hydrogens (tertiary/aromatic N) is 1. The summed E-state index contributed by atoms with van der Waals surface area (Å²) in [6.45, 7) is 6.30. The van der Waals surface area contributed by atoms with Crippen molar-refractivity contribution in [2.24, 2.45) is 0 Å². The Balaban J connectivity index is 2.50. The molecule has 2 nitrogen and oxygen atoms in total. The van der Waals surface area contributed by atoms with Gasteiger partial charge < -0.3 is 5.73 Å². The van der Waals surface area contributed by atoms with Gasteiger partial charge in [-0.2, -0.15) is 0 Å². The van der Waals surface area contributed by atoms with E-state index in [9.17, 15) is 0 Å². The Hall–Kier alpha value is -1.35. The van der Waals surface area contributed by atoms with E-state index in [2.05, 4.69) is 44.0 Å². The summed E-state index contributed by atoms with van der Waals surface area (Å²) in [5.74, 6) is 0. The van der Waals surface area contributed by atoms with E-state index >= 15 is 0 Å². The van der Waals surface area contributed by atoms with Crippen molar-refractivity contribution in [1.82, 2.24) is 4.98 Å².